The zero-order chi connectivity index (χ0) is 11.8. The highest BCUT2D eigenvalue weighted by Gasteiger charge is 2.08. The van der Waals surface area contributed by atoms with Gasteiger partial charge in [-0.15, -0.1) is 10.2 Å². The maximum absolute atomic E-state index is 11.3. The fourth-order valence-electron chi connectivity index (χ4n) is 1.12. The molecule has 1 amide bonds. The fraction of sp³-hybridized carbons (Fsp3) is 0.625. The molecule has 0 saturated heterocycles. The molecule has 0 atom stereocenters. The second-order valence-corrected chi connectivity index (χ2v) is 3.20. The smallest absolute Gasteiger partial charge is 0.303 e. The Labute approximate surface area is 91.4 Å². The first kappa shape index (κ1) is 12.1. The lowest BCUT2D eigenvalue weighted by molar-refractivity contribution is -0.137. The minimum Gasteiger partial charge on any atom is -0.481 e. The average Bonchev–Trinajstić information content (AvgIpc) is 2.75. The van der Waals surface area contributed by atoms with Gasteiger partial charge in [-0.1, -0.05) is 6.42 Å². The number of amides is 1. The second kappa shape index (κ2) is 6.49. The number of unbranched alkanes of at least 4 members (excludes halogenated alkanes) is 2. The summed E-state index contributed by atoms with van der Waals surface area (Å²) in [7, 11) is 0. The van der Waals surface area contributed by atoms with Crippen molar-refractivity contribution in [2.45, 2.75) is 25.7 Å². The lowest BCUT2D eigenvalue weighted by atomic mass is 10.2. The monoisotopic (exact) mass is 227 g/mol. The topological polar surface area (TPSA) is 121 Å². The van der Waals surface area contributed by atoms with Crippen molar-refractivity contribution in [1.29, 1.82) is 0 Å². The molecular formula is C8H13N5O3. The molecule has 1 rings (SSSR count). The number of aromatic amines is 1. The molecule has 0 aliphatic carbocycles. The number of carbonyl (C=O) groups is 2. The van der Waals surface area contributed by atoms with Crippen LogP contribution >= 0.6 is 0 Å². The Morgan fingerprint density at radius 2 is 2.12 bits per heavy atom. The summed E-state index contributed by atoms with van der Waals surface area (Å²) in [5.74, 6) is -1.17. The van der Waals surface area contributed by atoms with Crippen LogP contribution in [-0.2, 0) is 4.79 Å². The van der Waals surface area contributed by atoms with Gasteiger partial charge in [0, 0.05) is 13.0 Å². The predicted octanol–water partition coefficient (Wildman–Crippen LogP) is -0.426. The van der Waals surface area contributed by atoms with Crippen LogP contribution in [0.25, 0.3) is 0 Å². The molecule has 0 unspecified atom stereocenters. The van der Waals surface area contributed by atoms with E-state index in [-0.39, 0.29) is 18.2 Å². The van der Waals surface area contributed by atoms with Crippen LogP contribution in [0.5, 0.6) is 0 Å². The van der Waals surface area contributed by atoms with Gasteiger partial charge >= 0.3 is 5.97 Å². The number of tetrazole rings is 1. The Balaban J connectivity index is 2.03. The van der Waals surface area contributed by atoms with Crippen molar-refractivity contribution in [3.05, 3.63) is 5.82 Å². The number of nitrogens with zero attached hydrogens (tertiary/aromatic N) is 3. The summed E-state index contributed by atoms with van der Waals surface area (Å²) in [6.07, 6.45) is 2.28. The summed E-state index contributed by atoms with van der Waals surface area (Å²) < 4.78 is 0. The Morgan fingerprint density at radius 1 is 1.31 bits per heavy atom. The van der Waals surface area contributed by atoms with Crippen LogP contribution in [0, 0.1) is 0 Å². The van der Waals surface area contributed by atoms with Gasteiger partial charge in [0.1, 0.15) is 0 Å². The number of hydrogen-bond acceptors (Lipinski definition) is 5. The molecule has 0 saturated carbocycles. The number of carboxylic acids is 1. The molecule has 8 nitrogen and oxygen atoms in total. The van der Waals surface area contributed by atoms with Crippen molar-refractivity contribution in [2.75, 3.05) is 6.54 Å². The average molecular weight is 227 g/mol. The van der Waals surface area contributed by atoms with E-state index in [0.29, 0.717) is 13.0 Å². The molecule has 0 fully saturated rings. The van der Waals surface area contributed by atoms with E-state index in [9.17, 15) is 9.59 Å². The minimum absolute atomic E-state index is 0.00513. The summed E-state index contributed by atoms with van der Waals surface area (Å²) in [4.78, 5) is 21.5. The number of carboxylic acid groups (broad SMARTS) is 1. The predicted molar refractivity (Wildman–Crippen MR) is 52.6 cm³/mol. The zero-order valence-corrected chi connectivity index (χ0v) is 8.64. The number of H-pyrrole nitrogens is 1. The van der Waals surface area contributed by atoms with Crippen LogP contribution in [0.15, 0.2) is 0 Å². The van der Waals surface area contributed by atoms with Gasteiger partial charge in [0.25, 0.3) is 11.7 Å². The molecule has 0 aliphatic heterocycles. The molecule has 0 aromatic carbocycles. The van der Waals surface area contributed by atoms with Gasteiger partial charge in [0.15, 0.2) is 0 Å². The first-order chi connectivity index (χ1) is 7.70. The van der Waals surface area contributed by atoms with Crippen molar-refractivity contribution < 1.29 is 14.7 Å². The Hall–Kier alpha value is -1.99. The lowest BCUT2D eigenvalue weighted by Crippen LogP contribution is -2.25. The quantitative estimate of drug-likeness (QED) is 0.544. The van der Waals surface area contributed by atoms with Gasteiger partial charge in [-0.25, -0.2) is 0 Å². The molecule has 8 heteroatoms. The molecule has 3 N–H and O–H groups in total. The molecule has 1 aromatic heterocycles. The highest BCUT2D eigenvalue weighted by atomic mass is 16.4. The molecule has 0 radical (unpaired) electrons. The van der Waals surface area contributed by atoms with E-state index in [1.54, 1.807) is 0 Å². The van der Waals surface area contributed by atoms with Gasteiger partial charge in [-0.05, 0) is 18.1 Å². The third-order valence-corrected chi connectivity index (χ3v) is 1.90. The summed E-state index contributed by atoms with van der Waals surface area (Å²) in [6, 6.07) is 0. The minimum atomic E-state index is -0.796. The van der Waals surface area contributed by atoms with Crippen LogP contribution in [0.2, 0.25) is 0 Å². The van der Waals surface area contributed by atoms with E-state index in [1.165, 1.54) is 0 Å². The van der Waals surface area contributed by atoms with Gasteiger partial charge in [0.2, 0.25) is 0 Å². The summed E-state index contributed by atoms with van der Waals surface area (Å²) in [5.41, 5.74) is 0. The third kappa shape index (κ3) is 4.49. The lowest BCUT2D eigenvalue weighted by Gasteiger charge is -2.01. The van der Waals surface area contributed by atoms with E-state index < -0.39 is 5.97 Å². The molecular weight excluding hydrogens is 214 g/mol. The standard InChI is InChI=1S/C8H13N5O3/c14-6(15)4-2-1-3-5-9-8(16)7-10-12-13-11-7/h1-5H2,(H,9,16)(H,14,15)(H,10,11,12,13). The van der Waals surface area contributed by atoms with Crippen molar-refractivity contribution in [1.82, 2.24) is 25.9 Å². The zero-order valence-electron chi connectivity index (χ0n) is 8.64. The molecule has 0 spiro atoms. The third-order valence-electron chi connectivity index (χ3n) is 1.90. The van der Waals surface area contributed by atoms with Crippen LogP contribution in [0.3, 0.4) is 0 Å². The second-order valence-electron chi connectivity index (χ2n) is 3.20. The van der Waals surface area contributed by atoms with Crippen molar-refractivity contribution in [3.8, 4) is 0 Å². The summed E-state index contributed by atoms with van der Waals surface area (Å²) in [6.45, 7) is 0.479. The van der Waals surface area contributed by atoms with Crippen LogP contribution in [0.1, 0.15) is 36.3 Å². The fourth-order valence-corrected chi connectivity index (χ4v) is 1.12. The summed E-state index contributed by atoms with van der Waals surface area (Å²) >= 11 is 0. The highest BCUT2D eigenvalue weighted by molar-refractivity contribution is 5.89. The molecule has 0 aliphatic rings. The maximum atomic E-state index is 11.3. The van der Waals surface area contributed by atoms with Gasteiger partial charge in [-0.3, -0.25) is 9.59 Å². The Kier molecular flexibility index (Phi) is 4.90. The van der Waals surface area contributed by atoms with E-state index >= 15 is 0 Å². The largest absolute Gasteiger partial charge is 0.481 e. The van der Waals surface area contributed by atoms with Crippen molar-refractivity contribution >= 4 is 11.9 Å². The number of aliphatic carboxylic acids is 1. The number of rotatable bonds is 7. The van der Waals surface area contributed by atoms with E-state index in [1.807, 2.05) is 0 Å². The van der Waals surface area contributed by atoms with E-state index in [4.69, 9.17) is 5.11 Å². The van der Waals surface area contributed by atoms with Crippen LogP contribution in [0.4, 0.5) is 0 Å². The number of carbonyl (C=O) groups excluding carboxylic acids is 1. The first-order valence-electron chi connectivity index (χ1n) is 4.93. The van der Waals surface area contributed by atoms with E-state index in [0.717, 1.165) is 12.8 Å². The highest BCUT2D eigenvalue weighted by Crippen LogP contribution is 1.98. The molecule has 1 aromatic rings. The van der Waals surface area contributed by atoms with Gasteiger partial charge in [0.05, 0.1) is 0 Å². The van der Waals surface area contributed by atoms with Crippen molar-refractivity contribution in [3.63, 3.8) is 0 Å². The van der Waals surface area contributed by atoms with E-state index in [2.05, 4.69) is 25.9 Å². The normalized spacial score (nSPS) is 10.0. The molecule has 1 heterocycles. The Morgan fingerprint density at radius 3 is 2.75 bits per heavy atom. The molecule has 0 bridgehead atoms. The summed E-state index contributed by atoms with van der Waals surface area (Å²) in [5, 5.41) is 23.5. The first-order valence-corrected chi connectivity index (χ1v) is 4.93. The van der Waals surface area contributed by atoms with Crippen LogP contribution in [-0.4, -0.2) is 44.2 Å². The number of hydrogen-bond donors (Lipinski definition) is 3. The number of nitrogens with one attached hydrogen (secondary N) is 2. The van der Waals surface area contributed by atoms with Crippen molar-refractivity contribution in [2.24, 2.45) is 0 Å². The Bertz CT molecular complexity index is 337. The molecule has 16 heavy (non-hydrogen) atoms. The number of aromatic nitrogens is 4. The SMILES string of the molecule is O=C(O)CCCCCNC(=O)c1nn[nH]n1. The van der Waals surface area contributed by atoms with Gasteiger partial charge < -0.3 is 10.4 Å². The van der Waals surface area contributed by atoms with Gasteiger partial charge in [-0.2, -0.15) is 5.21 Å². The molecule has 88 valence electrons. The van der Waals surface area contributed by atoms with Crippen LogP contribution < -0.4 is 5.32 Å². The maximum Gasteiger partial charge on any atom is 0.303 e.